The van der Waals surface area contributed by atoms with Crippen LogP contribution in [0.25, 0.3) is 11.1 Å². The van der Waals surface area contributed by atoms with E-state index in [1.54, 1.807) is 55.5 Å². The standard InChI is InChI=1S/C30H31F3O2/c1-3-5-20-6-8-22(9-7-20)26-16-12-24(29(32)30(26)33)19-35-25-14-10-21(11-15-25)23-13-17-28(34-4-2)27(31)18-23/h3,5,10-18,20,22H,4,6-9,19H2,1-2H3. The maximum absolute atomic E-state index is 14.9. The lowest BCUT2D eigenvalue weighted by Crippen LogP contribution is -2.14. The number of halogens is 3. The van der Waals surface area contributed by atoms with Crippen LogP contribution in [0.15, 0.2) is 66.7 Å². The van der Waals surface area contributed by atoms with Crippen molar-refractivity contribution in [1.82, 2.24) is 0 Å². The van der Waals surface area contributed by atoms with Gasteiger partial charge in [-0.05, 0) is 92.3 Å². The third-order valence-electron chi connectivity index (χ3n) is 6.68. The molecule has 0 unspecified atom stereocenters. The summed E-state index contributed by atoms with van der Waals surface area (Å²) in [5.74, 6) is -0.675. The van der Waals surface area contributed by atoms with E-state index in [-0.39, 0.29) is 23.8 Å². The molecule has 2 nitrogen and oxygen atoms in total. The van der Waals surface area contributed by atoms with Crippen molar-refractivity contribution in [2.45, 2.75) is 52.1 Å². The van der Waals surface area contributed by atoms with Gasteiger partial charge in [0.2, 0.25) is 0 Å². The average molecular weight is 481 g/mol. The molecule has 0 spiro atoms. The molecule has 0 atom stereocenters. The Hall–Kier alpha value is -3.21. The molecule has 1 saturated carbocycles. The summed E-state index contributed by atoms with van der Waals surface area (Å²) in [6.45, 7) is 4.14. The molecule has 0 aliphatic heterocycles. The van der Waals surface area contributed by atoms with Gasteiger partial charge in [-0.1, -0.05) is 42.5 Å². The van der Waals surface area contributed by atoms with Gasteiger partial charge < -0.3 is 9.47 Å². The molecule has 0 heterocycles. The van der Waals surface area contributed by atoms with Crippen molar-refractivity contribution >= 4 is 0 Å². The second-order valence-corrected chi connectivity index (χ2v) is 8.97. The molecule has 35 heavy (non-hydrogen) atoms. The first kappa shape index (κ1) is 24.9. The predicted molar refractivity (Wildman–Crippen MR) is 133 cm³/mol. The summed E-state index contributed by atoms with van der Waals surface area (Å²) in [6.07, 6.45) is 8.00. The second-order valence-electron chi connectivity index (χ2n) is 8.97. The highest BCUT2D eigenvalue weighted by molar-refractivity contribution is 5.65. The number of rotatable bonds is 8. The van der Waals surface area contributed by atoms with Crippen LogP contribution in [0.2, 0.25) is 0 Å². The van der Waals surface area contributed by atoms with Gasteiger partial charge in [0, 0.05) is 5.56 Å². The Morgan fingerprint density at radius 1 is 0.829 bits per heavy atom. The smallest absolute Gasteiger partial charge is 0.165 e. The summed E-state index contributed by atoms with van der Waals surface area (Å²) >= 11 is 0. The van der Waals surface area contributed by atoms with Crippen molar-refractivity contribution in [3.63, 3.8) is 0 Å². The molecule has 0 aromatic heterocycles. The highest BCUT2D eigenvalue weighted by atomic mass is 19.2. The molecule has 4 rings (SSSR count). The highest BCUT2D eigenvalue weighted by Gasteiger charge is 2.25. The summed E-state index contributed by atoms with van der Waals surface area (Å²) < 4.78 is 54.8. The lowest BCUT2D eigenvalue weighted by molar-refractivity contribution is 0.296. The number of allylic oxidation sites excluding steroid dienone is 2. The van der Waals surface area contributed by atoms with Crippen LogP contribution in [0.3, 0.4) is 0 Å². The van der Waals surface area contributed by atoms with Crippen LogP contribution in [0.4, 0.5) is 13.2 Å². The third-order valence-corrected chi connectivity index (χ3v) is 6.68. The summed E-state index contributed by atoms with van der Waals surface area (Å²) in [6, 6.07) is 15.2. The summed E-state index contributed by atoms with van der Waals surface area (Å²) in [4.78, 5) is 0. The van der Waals surface area contributed by atoms with E-state index < -0.39 is 17.5 Å². The summed E-state index contributed by atoms with van der Waals surface area (Å²) in [5.41, 5.74) is 2.18. The monoisotopic (exact) mass is 480 g/mol. The number of hydrogen-bond donors (Lipinski definition) is 0. The third kappa shape index (κ3) is 5.90. The van der Waals surface area contributed by atoms with E-state index in [4.69, 9.17) is 9.47 Å². The lowest BCUT2D eigenvalue weighted by Gasteiger charge is -2.27. The number of benzene rings is 3. The molecule has 1 fully saturated rings. The van der Waals surface area contributed by atoms with Crippen LogP contribution >= 0.6 is 0 Å². The van der Waals surface area contributed by atoms with Gasteiger partial charge in [-0.3, -0.25) is 0 Å². The van der Waals surface area contributed by atoms with Gasteiger partial charge in [0.15, 0.2) is 23.2 Å². The molecule has 5 heteroatoms. The highest BCUT2D eigenvalue weighted by Crippen LogP contribution is 2.38. The van der Waals surface area contributed by atoms with Crippen molar-refractivity contribution in [3.8, 4) is 22.6 Å². The molecular weight excluding hydrogens is 449 g/mol. The molecular formula is C30H31F3O2. The molecule has 0 radical (unpaired) electrons. The van der Waals surface area contributed by atoms with Crippen LogP contribution in [0.5, 0.6) is 11.5 Å². The molecule has 0 amide bonds. The molecule has 0 bridgehead atoms. The minimum atomic E-state index is -0.834. The van der Waals surface area contributed by atoms with Crippen LogP contribution in [0, 0.1) is 23.4 Å². The van der Waals surface area contributed by atoms with Crippen molar-refractivity contribution < 1.29 is 22.6 Å². The summed E-state index contributed by atoms with van der Waals surface area (Å²) in [7, 11) is 0. The number of hydrogen-bond acceptors (Lipinski definition) is 2. The average Bonchev–Trinajstić information content (AvgIpc) is 2.87. The normalized spacial score (nSPS) is 18.1. The SMILES string of the molecule is CC=CC1CCC(c2ccc(COc3ccc(-c4ccc(OCC)c(F)c4)cc3)c(F)c2F)CC1. The largest absolute Gasteiger partial charge is 0.491 e. The van der Waals surface area contributed by atoms with E-state index in [0.29, 0.717) is 29.4 Å². The molecule has 184 valence electrons. The fourth-order valence-corrected chi connectivity index (χ4v) is 4.78. The fourth-order valence-electron chi connectivity index (χ4n) is 4.78. The van der Waals surface area contributed by atoms with Gasteiger partial charge >= 0.3 is 0 Å². The predicted octanol–water partition coefficient (Wildman–Crippen LogP) is 8.60. The Balaban J connectivity index is 1.39. The van der Waals surface area contributed by atoms with Gasteiger partial charge in [0.05, 0.1) is 6.61 Å². The van der Waals surface area contributed by atoms with Gasteiger partial charge in [-0.15, -0.1) is 0 Å². The second kappa shape index (κ2) is 11.5. The molecule has 1 aliphatic rings. The van der Waals surface area contributed by atoms with Crippen molar-refractivity contribution in [3.05, 3.63) is 95.3 Å². The molecule has 1 aliphatic carbocycles. The Kier molecular flexibility index (Phi) is 8.17. The van der Waals surface area contributed by atoms with Gasteiger partial charge in [-0.25, -0.2) is 13.2 Å². The van der Waals surface area contributed by atoms with E-state index >= 15 is 0 Å². The zero-order chi connectivity index (χ0) is 24.8. The first-order chi connectivity index (χ1) is 17.0. The Morgan fingerprint density at radius 2 is 1.54 bits per heavy atom. The topological polar surface area (TPSA) is 18.5 Å². The van der Waals surface area contributed by atoms with E-state index in [1.165, 1.54) is 6.07 Å². The minimum Gasteiger partial charge on any atom is -0.491 e. The van der Waals surface area contributed by atoms with Gasteiger partial charge in [0.1, 0.15) is 12.4 Å². The van der Waals surface area contributed by atoms with E-state index in [9.17, 15) is 13.2 Å². The van der Waals surface area contributed by atoms with E-state index in [0.717, 1.165) is 31.2 Å². The number of ether oxygens (including phenoxy) is 2. The maximum Gasteiger partial charge on any atom is 0.165 e. The first-order valence-corrected chi connectivity index (χ1v) is 12.2. The van der Waals surface area contributed by atoms with E-state index in [1.807, 2.05) is 6.92 Å². The van der Waals surface area contributed by atoms with Gasteiger partial charge in [0.25, 0.3) is 0 Å². The van der Waals surface area contributed by atoms with Crippen LogP contribution < -0.4 is 9.47 Å². The fraction of sp³-hybridized carbons (Fsp3) is 0.333. The van der Waals surface area contributed by atoms with Crippen LogP contribution in [0.1, 0.15) is 56.6 Å². The van der Waals surface area contributed by atoms with Crippen molar-refractivity contribution in [2.24, 2.45) is 5.92 Å². The van der Waals surface area contributed by atoms with Gasteiger partial charge in [-0.2, -0.15) is 0 Å². The Bertz CT molecular complexity index is 1160. The Morgan fingerprint density at radius 3 is 2.20 bits per heavy atom. The zero-order valence-electron chi connectivity index (χ0n) is 20.2. The van der Waals surface area contributed by atoms with E-state index in [2.05, 4.69) is 12.2 Å². The van der Waals surface area contributed by atoms with Crippen molar-refractivity contribution in [2.75, 3.05) is 6.61 Å². The molecule has 3 aromatic carbocycles. The minimum absolute atomic E-state index is 0.0564. The zero-order valence-corrected chi connectivity index (χ0v) is 20.2. The summed E-state index contributed by atoms with van der Waals surface area (Å²) in [5, 5.41) is 0. The molecule has 3 aromatic rings. The molecule has 0 N–H and O–H groups in total. The lowest BCUT2D eigenvalue weighted by atomic mass is 9.78. The first-order valence-electron chi connectivity index (χ1n) is 12.2. The molecule has 0 saturated heterocycles. The van der Waals surface area contributed by atoms with Crippen LogP contribution in [-0.4, -0.2) is 6.61 Å². The van der Waals surface area contributed by atoms with Crippen LogP contribution in [-0.2, 0) is 6.61 Å². The van der Waals surface area contributed by atoms with Crippen molar-refractivity contribution in [1.29, 1.82) is 0 Å². The maximum atomic E-state index is 14.9. The quantitative estimate of drug-likeness (QED) is 0.301. The Labute approximate surface area is 205 Å².